The first kappa shape index (κ1) is 20.4. The molecule has 0 spiro atoms. The maximum atomic E-state index is 12.5. The number of nitrogens with one attached hydrogen (secondary N) is 1. The fourth-order valence-corrected chi connectivity index (χ4v) is 3.24. The summed E-state index contributed by atoms with van der Waals surface area (Å²) in [6.45, 7) is 6.10. The van der Waals surface area contributed by atoms with Crippen LogP contribution in [0, 0.1) is 13.8 Å². The number of hydrogen-bond donors (Lipinski definition) is 1. The zero-order valence-electron chi connectivity index (χ0n) is 16.9. The van der Waals surface area contributed by atoms with Crippen LogP contribution in [0.3, 0.4) is 0 Å². The first-order chi connectivity index (χ1) is 13.5. The molecular weight excluding hydrogens is 358 g/mol. The van der Waals surface area contributed by atoms with Gasteiger partial charge in [-0.3, -0.25) is 0 Å². The molecule has 0 saturated carbocycles. The largest absolute Gasteiger partial charge is 0.376 e. The van der Waals surface area contributed by atoms with Gasteiger partial charge in [-0.1, -0.05) is 17.3 Å². The molecule has 1 unspecified atom stereocenters. The van der Waals surface area contributed by atoms with E-state index in [4.69, 9.17) is 14.0 Å². The quantitative estimate of drug-likeness (QED) is 0.776. The molecule has 0 aliphatic carbocycles. The second-order valence-corrected chi connectivity index (χ2v) is 7.29. The minimum absolute atomic E-state index is 0.186. The van der Waals surface area contributed by atoms with Crippen molar-refractivity contribution in [3.8, 4) is 0 Å². The Morgan fingerprint density at radius 3 is 2.93 bits per heavy atom. The summed E-state index contributed by atoms with van der Waals surface area (Å²) in [6, 6.07) is 7.53. The van der Waals surface area contributed by atoms with Gasteiger partial charge in [0.2, 0.25) is 0 Å². The van der Waals surface area contributed by atoms with E-state index in [1.54, 1.807) is 11.9 Å². The number of benzene rings is 1. The van der Waals surface area contributed by atoms with Crippen molar-refractivity contribution in [3.63, 3.8) is 0 Å². The molecule has 1 fully saturated rings. The molecule has 1 aromatic carbocycles. The van der Waals surface area contributed by atoms with Gasteiger partial charge < -0.3 is 24.2 Å². The molecule has 28 heavy (non-hydrogen) atoms. The third kappa shape index (κ3) is 5.56. The van der Waals surface area contributed by atoms with E-state index in [0.29, 0.717) is 19.8 Å². The number of aromatic nitrogens is 1. The predicted molar refractivity (Wildman–Crippen MR) is 106 cm³/mol. The molecule has 0 radical (unpaired) electrons. The molecule has 152 valence electrons. The van der Waals surface area contributed by atoms with Crippen LogP contribution in [0.2, 0.25) is 0 Å². The Bertz CT molecular complexity index is 764. The third-order valence-corrected chi connectivity index (χ3v) is 4.95. The van der Waals surface area contributed by atoms with Crippen molar-refractivity contribution in [1.29, 1.82) is 0 Å². The second-order valence-electron chi connectivity index (χ2n) is 7.29. The van der Waals surface area contributed by atoms with Gasteiger partial charge in [0.1, 0.15) is 5.76 Å². The first-order valence-corrected chi connectivity index (χ1v) is 9.75. The smallest absolute Gasteiger partial charge is 0.321 e. The predicted octanol–water partition coefficient (Wildman–Crippen LogP) is 4.04. The lowest BCUT2D eigenvalue weighted by molar-refractivity contribution is -0.0447. The van der Waals surface area contributed by atoms with Crippen LogP contribution < -0.4 is 5.32 Å². The van der Waals surface area contributed by atoms with E-state index in [9.17, 15) is 4.79 Å². The number of amides is 2. The van der Waals surface area contributed by atoms with E-state index in [1.807, 2.05) is 38.1 Å². The van der Waals surface area contributed by atoms with Crippen molar-refractivity contribution >= 4 is 11.7 Å². The second kappa shape index (κ2) is 9.71. The molecule has 1 atom stereocenters. The van der Waals surface area contributed by atoms with Crippen LogP contribution in [-0.4, -0.2) is 42.5 Å². The molecule has 2 aromatic rings. The van der Waals surface area contributed by atoms with Crippen molar-refractivity contribution in [2.45, 2.75) is 52.4 Å². The number of anilines is 1. The molecule has 0 bridgehead atoms. The van der Waals surface area contributed by atoms with Crippen LogP contribution >= 0.6 is 0 Å². The lowest BCUT2D eigenvalue weighted by atomic mass is 10.1. The van der Waals surface area contributed by atoms with Gasteiger partial charge in [-0.2, -0.15) is 0 Å². The molecule has 1 aromatic heterocycles. The highest BCUT2D eigenvalue weighted by atomic mass is 16.5. The highest BCUT2D eigenvalue weighted by Crippen LogP contribution is 2.17. The number of carbonyl (C=O) groups excluding carboxylic acids is 1. The van der Waals surface area contributed by atoms with Crippen molar-refractivity contribution in [1.82, 2.24) is 10.1 Å². The van der Waals surface area contributed by atoms with Gasteiger partial charge in [-0.05, 0) is 50.8 Å². The summed E-state index contributed by atoms with van der Waals surface area (Å²) in [5, 5.41) is 6.86. The summed E-state index contributed by atoms with van der Waals surface area (Å²) in [6.07, 6.45) is 3.61. The monoisotopic (exact) mass is 387 g/mol. The van der Waals surface area contributed by atoms with E-state index in [2.05, 4.69) is 10.5 Å². The van der Waals surface area contributed by atoms with Crippen molar-refractivity contribution in [2.24, 2.45) is 0 Å². The van der Waals surface area contributed by atoms with Crippen LogP contribution in [0.1, 0.15) is 41.8 Å². The molecule has 1 aliphatic heterocycles. The molecule has 2 heterocycles. The number of ether oxygens (including phenoxy) is 2. The Morgan fingerprint density at radius 1 is 1.36 bits per heavy atom. The average Bonchev–Trinajstić information content (AvgIpc) is 3.01. The Labute approximate surface area is 166 Å². The summed E-state index contributed by atoms with van der Waals surface area (Å²) in [5.74, 6) is 0.734. The van der Waals surface area contributed by atoms with E-state index < -0.39 is 0 Å². The lowest BCUT2D eigenvalue weighted by Gasteiger charge is -2.22. The van der Waals surface area contributed by atoms with Gasteiger partial charge in [-0.15, -0.1) is 0 Å². The van der Waals surface area contributed by atoms with E-state index in [-0.39, 0.29) is 12.1 Å². The summed E-state index contributed by atoms with van der Waals surface area (Å²) >= 11 is 0. The van der Waals surface area contributed by atoms with Crippen LogP contribution in [0.5, 0.6) is 0 Å². The normalized spacial score (nSPS) is 16.8. The molecule has 7 nitrogen and oxygen atoms in total. The summed E-state index contributed by atoms with van der Waals surface area (Å²) in [5.41, 5.74) is 3.50. The Balaban J connectivity index is 1.49. The fraction of sp³-hybridized carbons (Fsp3) is 0.524. The van der Waals surface area contributed by atoms with Crippen molar-refractivity contribution in [2.75, 3.05) is 25.6 Å². The molecule has 1 saturated heterocycles. The molecular formula is C21H29N3O4. The number of urea groups is 1. The fourth-order valence-electron chi connectivity index (χ4n) is 3.24. The highest BCUT2D eigenvalue weighted by molar-refractivity contribution is 5.89. The van der Waals surface area contributed by atoms with Gasteiger partial charge in [0.15, 0.2) is 0 Å². The SMILES string of the molecule is Cc1noc(C)c1CN(C)C(=O)Nc1cccc(COCC2CCCCO2)c1. The van der Waals surface area contributed by atoms with E-state index >= 15 is 0 Å². The minimum Gasteiger partial charge on any atom is -0.376 e. The zero-order valence-corrected chi connectivity index (χ0v) is 16.9. The number of aryl methyl sites for hydroxylation is 2. The topological polar surface area (TPSA) is 76.8 Å². The van der Waals surface area contributed by atoms with Gasteiger partial charge in [0.25, 0.3) is 0 Å². The van der Waals surface area contributed by atoms with Gasteiger partial charge in [-0.25, -0.2) is 4.79 Å². The number of nitrogens with zero attached hydrogens (tertiary/aromatic N) is 2. The van der Waals surface area contributed by atoms with Crippen LogP contribution in [-0.2, 0) is 22.6 Å². The molecule has 3 rings (SSSR count). The lowest BCUT2D eigenvalue weighted by Crippen LogP contribution is -2.31. The summed E-state index contributed by atoms with van der Waals surface area (Å²) < 4.78 is 16.6. The van der Waals surface area contributed by atoms with E-state index in [1.165, 1.54) is 6.42 Å². The maximum absolute atomic E-state index is 12.5. The number of hydrogen-bond acceptors (Lipinski definition) is 5. The Morgan fingerprint density at radius 2 is 2.21 bits per heavy atom. The maximum Gasteiger partial charge on any atom is 0.321 e. The van der Waals surface area contributed by atoms with Crippen LogP contribution in [0.25, 0.3) is 0 Å². The third-order valence-electron chi connectivity index (χ3n) is 4.95. The minimum atomic E-state index is -0.186. The highest BCUT2D eigenvalue weighted by Gasteiger charge is 2.16. The Hall–Kier alpha value is -2.38. The number of rotatable bonds is 7. The average molecular weight is 387 g/mol. The molecule has 2 amide bonds. The van der Waals surface area contributed by atoms with Gasteiger partial charge in [0, 0.05) is 24.9 Å². The van der Waals surface area contributed by atoms with E-state index in [0.717, 1.165) is 47.7 Å². The molecule has 1 N–H and O–H groups in total. The Kier molecular flexibility index (Phi) is 7.06. The van der Waals surface area contributed by atoms with Gasteiger partial charge in [0.05, 0.1) is 31.6 Å². The molecule has 7 heteroatoms. The van der Waals surface area contributed by atoms with Gasteiger partial charge >= 0.3 is 6.03 Å². The van der Waals surface area contributed by atoms with Crippen molar-refractivity contribution < 1.29 is 18.8 Å². The van der Waals surface area contributed by atoms with Crippen LogP contribution in [0.15, 0.2) is 28.8 Å². The summed E-state index contributed by atoms with van der Waals surface area (Å²) in [7, 11) is 1.75. The first-order valence-electron chi connectivity index (χ1n) is 9.75. The zero-order chi connectivity index (χ0) is 19.9. The standard InChI is InChI=1S/C21H29N3O4/c1-15-20(16(2)28-23-15)12-24(3)21(25)22-18-8-6-7-17(11-18)13-26-14-19-9-4-5-10-27-19/h6-8,11,19H,4-5,9-10,12-14H2,1-3H3,(H,22,25). The van der Waals surface area contributed by atoms with Crippen molar-refractivity contribution in [3.05, 3.63) is 46.8 Å². The van der Waals surface area contributed by atoms with Crippen LogP contribution in [0.4, 0.5) is 10.5 Å². The molecule has 1 aliphatic rings. The summed E-state index contributed by atoms with van der Waals surface area (Å²) in [4.78, 5) is 14.1. The number of carbonyl (C=O) groups is 1.